The van der Waals surface area contributed by atoms with Crippen LogP contribution in [0.15, 0.2) is 12.4 Å². The first-order valence-electron chi connectivity index (χ1n) is 10.3. The van der Waals surface area contributed by atoms with Crippen LogP contribution in [0.2, 0.25) is 0 Å². The topological polar surface area (TPSA) is 66.4 Å². The first kappa shape index (κ1) is 19.8. The van der Waals surface area contributed by atoms with Crippen LogP contribution in [0.25, 0.3) is 0 Å². The van der Waals surface area contributed by atoms with Gasteiger partial charge in [-0.1, -0.05) is 20.8 Å². The molecular weight excluding hydrogens is 340 g/mol. The van der Waals surface area contributed by atoms with Gasteiger partial charge in [-0.25, -0.2) is 9.97 Å². The van der Waals surface area contributed by atoms with E-state index in [1.165, 1.54) is 0 Å². The molecule has 0 saturated carbocycles. The number of aromatic nitrogens is 2. The van der Waals surface area contributed by atoms with Crippen molar-refractivity contribution in [2.24, 2.45) is 11.3 Å². The highest BCUT2D eigenvalue weighted by Gasteiger charge is 2.42. The van der Waals surface area contributed by atoms with Gasteiger partial charge in [-0.2, -0.15) is 0 Å². The normalized spacial score (nSPS) is 23.3. The van der Waals surface area contributed by atoms with Gasteiger partial charge in [0, 0.05) is 56.8 Å². The Morgan fingerprint density at radius 3 is 2.63 bits per heavy atom. The number of hydrogen-bond donors (Lipinski definition) is 0. The van der Waals surface area contributed by atoms with E-state index in [1.54, 1.807) is 12.4 Å². The van der Waals surface area contributed by atoms with Crippen LogP contribution >= 0.6 is 0 Å². The van der Waals surface area contributed by atoms with Crippen LogP contribution < -0.4 is 0 Å². The van der Waals surface area contributed by atoms with Crippen molar-refractivity contribution >= 4 is 11.8 Å². The van der Waals surface area contributed by atoms with Crippen molar-refractivity contribution in [3.8, 4) is 0 Å². The predicted octanol–water partition coefficient (Wildman–Crippen LogP) is 2.93. The van der Waals surface area contributed by atoms with Crippen molar-refractivity contribution < 1.29 is 9.59 Å². The van der Waals surface area contributed by atoms with Gasteiger partial charge in [-0.3, -0.25) is 9.59 Å². The Kier molecular flexibility index (Phi) is 6.12. The highest BCUT2D eigenvalue weighted by atomic mass is 16.2. The molecule has 0 unspecified atom stereocenters. The average molecular weight is 373 g/mol. The van der Waals surface area contributed by atoms with Crippen LogP contribution in [0.5, 0.6) is 0 Å². The Hall–Kier alpha value is -1.98. The molecule has 0 N–H and O–H groups in total. The number of likely N-dealkylation sites (tertiary alicyclic amines) is 2. The predicted molar refractivity (Wildman–Crippen MR) is 104 cm³/mol. The summed E-state index contributed by atoms with van der Waals surface area (Å²) in [5.74, 6) is 1.63. The van der Waals surface area contributed by atoms with Crippen LogP contribution in [-0.2, 0) is 11.2 Å². The molecule has 0 aliphatic carbocycles. The van der Waals surface area contributed by atoms with Crippen molar-refractivity contribution in [1.29, 1.82) is 0 Å². The summed E-state index contributed by atoms with van der Waals surface area (Å²) in [6.07, 6.45) is 8.67. The molecule has 2 fully saturated rings. The lowest BCUT2D eigenvalue weighted by Gasteiger charge is -2.48. The number of piperidine rings is 2. The van der Waals surface area contributed by atoms with Gasteiger partial charge in [0.1, 0.15) is 5.82 Å². The smallest absolute Gasteiger partial charge is 0.257 e. The van der Waals surface area contributed by atoms with E-state index in [4.69, 9.17) is 0 Å². The number of nitrogens with zero attached hydrogens (tertiary/aromatic N) is 4. The summed E-state index contributed by atoms with van der Waals surface area (Å²) in [6.45, 7) is 9.50. The molecule has 1 spiro atoms. The summed E-state index contributed by atoms with van der Waals surface area (Å²) in [6, 6.07) is 0. The molecule has 6 nitrogen and oxygen atoms in total. The Bertz CT molecular complexity index is 673. The van der Waals surface area contributed by atoms with Gasteiger partial charge in [0.25, 0.3) is 5.91 Å². The average Bonchev–Trinajstić information content (AvgIpc) is 2.68. The third-order valence-electron chi connectivity index (χ3n) is 5.94. The van der Waals surface area contributed by atoms with Gasteiger partial charge < -0.3 is 9.80 Å². The number of rotatable bonds is 5. The fourth-order valence-corrected chi connectivity index (χ4v) is 4.26. The molecule has 2 aliphatic heterocycles. The van der Waals surface area contributed by atoms with Crippen LogP contribution in [0.4, 0.5) is 0 Å². The molecule has 6 heteroatoms. The molecule has 0 aromatic carbocycles. The molecule has 148 valence electrons. The zero-order valence-corrected chi connectivity index (χ0v) is 16.9. The van der Waals surface area contributed by atoms with Gasteiger partial charge in [0.15, 0.2) is 0 Å². The Balaban J connectivity index is 1.68. The molecule has 2 saturated heterocycles. The van der Waals surface area contributed by atoms with Gasteiger partial charge in [0.05, 0.1) is 5.56 Å². The van der Waals surface area contributed by atoms with Crippen molar-refractivity contribution in [2.75, 3.05) is 26.2 Å². The molecule has 3 rings (SSSR count). The van der Waals surface area contributed by atoms with E-state index in [1.807, 2.05) is 16.7 Å². The first-order chi connectivity index (χ1) is 12.9. The number of carbonyl (C=O) groups excluding carboxylic acids is 2. The second kappa shape index (κ2) is 8.36. The van der Waals surface area contributed by atoms with E-state index in [9.17, 15) is 9.59 Å². The Labute approximate surface area is 162 Å². The van der Waals surface area contributed by atoms with Crippen LogP contribution in [0.1, 0.15) is 69.1 Å². The van der Waals surface area contributed by atoms with Gasteiger partial charge in [-0.15, -0.1) is 0 Å². The Morgan fingerprint density at radius 2 is 1.96 bits per heavy atom. The van der Waals surface area contributed by atoms with Gasteiger partial charge in [0.2, 0.25) is 5.91 Å². The van der Waals surface area contributed by atoms with Crippen molar-refractivity contribution in [3.05, 3.63) is 23.8 Å². The van der Waals surface area contributed by atoms with E-state index < -0.39 is 0 Å². The van der Waals surface area contributed by atoms with Crippen LogP contribution in [0.3, 0.4) is 0 Å². The second-order valence-corrected chi connectivity index (χ2v) is 8.57. The molecule has 0 radical (unpaired) electrons. The lowest BCUT2D eigenvalue weighted by Crippen LogP contribution is -2.55. The van der Waals surface area contributed by atoms with Crippen LogP contribution in [0, 0.1) is 11.3 Å². The lowest BCUT2D eigenvalue weighted by atomic mass is 9.73. The van der Waals surface area contributed by atoms with E-state index >= 15 is 0 Å². The second-order valence-electron chi connectivity index (χ2n) is 8.57. The van der Waals surface area contributed by atoms with E-state index in [0.717, 1.165) is 64.1 Å². The van der Waals surface area contributed by atoms with Crippen molar-refractivity contribution in [3.63, 3.8) is 0 Å². The zero-order valence-electron chi connectivity index (χ0n) is 16.9. The minimum atomic E-state index is 0.0161. The third kappa shape index (κ3) is 4.66. The maximum atomic E-state index is 13.0. The molecular formula is C21H32N4O2. The lowest BCUT2D eigenvalue weighted by molar-refractivity contribution is -0.139. The van der Waals surface area contributed by atoms with Crippen molar-refractivity contribution in [1.82, 2.24) is 19.8 Å². The molecule has 2 aliphatic rings. The summed E-state index contributed by atoms with van der Waals surface area (Å²) >= 11 is 0. The summed E-state index contributed by atoms with van der Waals surface area (Å²) in [5, 5.41) is 0. The largest absolute Gasteiger partial charge is 0.342 e. The summed E-state index contributed by atoms with van der Waals surface area (Å²) in [4.78, 5) is 37.8. The molecule has 2 amide bonds. The molecule has 27 heavy (non-hydrogen) atoms. The number of hydrogen-bond acceptors (Lipinski definition) is 4. The van der Waals surface area contributed by atoms with E-state index in [0.29, 0.717) is 17.9 Å². The fraction of sp³-hybridized carbons (Fsp3) is 0.714. The van der Waals surface area contributed by atoms with E-state index in [-0.39, 0.29) is 17.2 Å². The molecule has 0 bridgehead atoms. The summed E-state index contributed by atoms with van der Waals surface area (Å²) < 4.78 is 0. The first-order valence-corrected chi connectivity index (χ1v) is 10.3. The Morgan fingerprint density at radius 1 is 1.22 bits per heavy atom. The number of amides is 2. The maximum Gasteiger partial charge on any atom is 0.257 e. The van der Waals surface area contributed by atoms with Crippen molar-refractivity contribution in [2.45, 2.75) is 59.3 Å². The highest BCUT2D eigenvalue weighted by molar-refractivity contribution is 5.93. The summed E-state index contributed by atoms with van der Waals surface area (Å²) in [5.41, 5.74) is 0.607. The zero-order chi connectivity index (χ0) is 19.4. The number of carbonyl (C=O) groups is 2. The minimum absolute atomic E-state index is 0.0161. The quantitative estimate of drug-likeness (QED) is 0.797. The third-order valence-corrected chi connectivity index (χ3v) is 5.94. The van der Waals surface area contributed by atoms with Crippen LogP contribution in [-0.4, -0.2) is 57.8 Å². The fourth-order valence-electron chi connectivity index (χ4n) is 4.26. The minimum Gasteiger partial charge on any atom is -0.342 e. The summed E-state index contributed by atoms with van der Waals surface area (Å²) in [7, 11) is 0. The molecule has 1 atom stereocenters. The van der Waals surface area contributed by atoms with Gasteiger partial charge >= 0.3 is 0 Å². The molecule has 1 aromatic rings. The maximum absolute atomic E-state index is 13.0. The molecule has 1 aromatic heterocycles. The SMILES string of the molecule is CCc1ncc(C(=O)N2CCC[C@]3(CCC(=O)N(CCC(C)C)C3)C2)cn1. The highest BCUT2D eigenvalue weighted by Crippen LogP contribution is 2.39. The standard InChI is InChI=1S/C21H32N4O2/c1-4-18-22-12-17(13-23-18)20(27)25-10-5-8-21(15-25)9-6-19(26)24(14-21)11-7-16(2)3/h12-13,16H,4-11,14-15H2,1-3H3/t21-/m1/s1. The van der Waals surface area contributed by atoms with E-state index in [2.05, 4.69) is 23.8 Å². The molecule has 3 heterocycles. The van der Waals surface area contributed by atoms with Gasteiger partial charge in [-0.05, 0) is 31.6 Å². The number of aryl methyl sites for hydroxylation is 1. The monoisotopic (exact) mass is 372 g/mol.